The third-order valence-corrected chi connectivity index (χ3v) is 5.33. The summed E-state index contributed by atoms with van der Waals surface area (Å²) in [6, 6.07) is 0.431. The summed E-state index contributed by atoms with van der Waals surface area (Å²) in [6.45, 7) is 0.973. The molecular formula is C18H26N4O3. The molecule has 0 aromatic heterocycles. The number of rotatable bonds is 11. The van der Waals surface area contributed by atoms with Crippen molar-refractivity contribution in [1.82, 2.24) is 10.2 Å². The van der Waals surface area contributed by atoms with E-state index in [1.807, 2.05) is 0 Å². The molecule has 1 heterocycles. The molecule has 0 saturated heterocycles. The molecule has 0 radical (unpaired) electrons. The first-order chi connectivity index (χ1) is 12.0. The van der Waals surface area contributed by atoms with Crippen molar-refractivity contribution in [2.75, 3.05) is 13.1 Å². The first kappa shape index (κ1) is 17.9. The number of carboxylic acids is 1. The van der Waals surface area contributed by atoms with Crippen molar-refractivity contribution < 1.29 is 14.7 Å². The largest absolute Gasteiger partial charge is 0.480 e. The van der Waals surface area contributed by atoms with Crippen molar-refractivity contribution in [2.45, 2.75) is 69.1 Å². The third-order valence-electron chi connectivity index (χ3n) is 5.33. The van der Waals surface area contributed by atoms with Crippen molar-refractivity contribution in [1.29, 1.82) is 0 Å². The van der Waals surface area contributed by atoms with Crippen LogP contribution in [0.5, 0.6) is 0 Å². The van der Waals surface area contributed by atoms with E-state index in [0.29, 0.717) is 31.6 Å². The summed E-state index contributed by atoms with van der Waals surface area (Å²) in [5.74, 6) is 2.49. The number of carboxylic acid groups (broad SMARTS) is 1. The fourth-order valence-corrected chi connectivity index (χ4v) is 3.43. The normalized spacial score (nSPS) is 25.9. The van der Waals surface area contributed by atoms with Crippen molar-refractivity contribution in [3.8, 4) is 12.3 Å². The van der Waals surface area contributed by atoms with Crippen molar-refractivity contribution >= 4 is 11.9 Å². The van der Waals surface area contributed by atoms with Gasteiger partial charge in [-0.05, 0) is 31.6 Å². The lowest BCUT2D eigenvalue weighted by atomic mass is 9.85. The van der Waals surface area contributed by atoms with Crippen LogP contribution in [0.2, 0.25) is 0 Å². The lowest BCUT2D eigenvalue weighted by Gasteiger charge is -2.42. The van der Waals surface area contributed by atoms with E-state index in [1.165, 1.54) is 12.8 Å². The number of carbonyl (C=O) groups excluding carboxylic acids is 1. The summed E-state index contributed by atoms with van der Waals surface area (Å²) in [4.78, 5) is 25.2. The SMILES string of the molecule is C#CCCC1(CCC(=O)NC2CC(N(CC(=O)O)CC3CC3)C2)N=N1. The van der Waals surface area contributed by atoms with Crippen LogP contribution in [0.4, 0.5) is 0 Å². The molecule has 3 rings (SSSR count). The quantitative estimate of drug-likeness (QED) is 0.558. The summed E-state index contributed by atoms with van der Waals surface area (Å²) in [7, 11) is 0. The summed E-state index contributed by atoms with van der Waals surface area (Å²) in [5.41, 5.74) is -0.408. The van der Waals surface area contributed by atoms with Crippen LogP contribution in [0, 0.1) is 18.3 Å². The maximum Gasteiger partial charge on any atom is 0.317 e. The molecule has 0 spiro atoms. The van der Waals surface area contributed by atoms with Crippen molar-refractivity contribution in [2.24, 2.45) is 16.1 Å². The summed E-state index contributed by atoms with van der Waals surface area (Å²) in [5, 5.41) is 20.2. The third kappa shape index (κ3) is 5.27. The van der Waals surface area contributed by atoms with Gasteiger partial charge in [-0.3, -0.25) is 14.5 Å². The van der Waals surface area contributed by atoms with E-state index in [1.54, 1.807) is 0 Å². The first-order valence-electron chi connectivity index (χ1n) is 9.12. The van der Waals surface area contributed by atoms with Crippen LogP contribution in [0.3, 0.4) is 0 Å². The van der Waals surface area contributed by atoms with E-state index in [9.17, 15) is 9.59 Å². The number of amides is 1. The number of hydrogen-bond donors (Lipinski definition) is 2. The molecule has 25 heavy (non-hydrogen) atoms. The van der Waals surface area contributed by atoms with Crippen LogP contribution in [0.15, 0.2) is 10.2 Å². The number of hydrogen-bond acceptors (Lipinski definition) is 5. The molecule has 136 valence electrons. The van der Waals surface area contributed by atoms with Crippen LogP contribution < -0.4 is 5.32 Å². The van der Waals surface area contributed by atoms with Gasteiger partial charge < -0.3 is 10.4 Å². The Morgan fingerprint density at radius 2 is 2.00 bits per heavy atom. The molecule has 7 nitrogen and oxygen atoms in total. The second-order valence-electron chi connectivity index (χ2n) is 7.54. The second-order valence-corrected chi connectivity index (χ2v) is 7.54. The molecule has 1 aliphatic heterocycles. The number of nitrogens with one attached hydrogen (secondary N) is 1. The Kier molecular flexibility index (Phi) is 5.38. The summed E-state index contributed by atoms with van der Waals surface area (Å²) in [6.07, 6.45) is 11.7. The maximum absolute atomic E-state index is 12.1. The van der Waals surface area contributed by atoms with Gasteiger partial charge in [0.05, 0.1) is 6.54 Å². The Hall–Kier alpha value is -1.94. The zero-order chi connectivity index (χ0) is 17.9. The molecule has 3 aliphatic rings. The van der Waals surface area contributed by atoms with Gasteiger partial charge in [0.25, 0.3) is 0 Å². The smallest absolute Gasteiger partial charge is 0.317 e. The first-order valence-corrected chi connectivity index (χ1v) is 9.12. The molecule has 0 atom stereocenters. The van der Waals surface area contributed by atoms with Crippen LogP contribution in [-0.4, -0.2) is 52.7 Å². The summed E-state index contributed by atoms with van der Waals surface area (Å²) < 4.78 is 0. The molecule has 0 aromatic rings. The van der Waals surface area contributed by atoms with Gasteiger partial charge in [0.2, 0.25) is 5.91 Å². The molecule has 2 saturated carbocycles. The summed E-state index contributed by atoms with van der Waals surface area (Å²) >= 11 is 0. The minimum absolute atomic E-state index is 0.0211. The minimum atomic E-state index is -0.776. The number of carbonyl (C=O) groups is 2. The highest BCUT2D eigenvalue weighted by Gasteiger charge is 2.40. The maximum atomic E-state index is 12.1. The molecule has 1 amide bonds. The standard InChI is InChI=1S/C18H26N4O3/c1-2-3-7-18(20-21-18)8-6-16(23)19-14-9-15(10-14)22(12-17(24)25)11-13-4-5-13/h1,13-15H,3-12H2,(H,19,23)(H,24,25). The molecule has 7 heteroatoms. The Balaban J connectivity index is 1.34. The van der Waals surface area contributed by atoms with Gasteiger partial charge in [0.15, 0.2) is 5.66 Å². The molecule has 0 bridgehead atoms. The van der Waals surface area contributed by atoms with Crippen molar-refractivity contribution in [3.63, 3.8) is 0 Å². The van der Waals surface area contributed by atoms with Crippen LogP contribution in [0.25, 0.3) is 0 Å². The average Bonchev–Trinajstić information content (AvgIpc) is 3.42. The van der Waals surface area contributed by atoms with E-state index in [0.717, 1.165) is 19.4 Å². The van der Waals surface area contributed by atoms with E-state index >= 15 is 0 Å². The van der Waals surface area contributed by atoms with Gasteiger partial charge in [-0.15, -0.1) is 12.3 Å². The molecule has 0 aromatic carbocycles. The van der Waals surface area contributed by atoms with Gasteiger partial charge in [0, 0.05) is 44.3 Å². The van der Waals surface area contributed by atoms with E-state index in [4.69, 9.17) is 11.5 Å². The molecular weight excluding hydrogens is 320 g/mol. The Bertz CT molecular complexity index is 582. The minimum Gasteiger partial charge on any atom is -0.480 e. The highest BCUT2D eigenvalue weighted by molar-refractivity contribution is 5.76. The molecule has 0 unspecified atom stereocenters. The lowest BCUT2D eigenvalue weighted by Crippen LogP contribution is -2.55. The van der Waals surface area contributed by atoms with E-state index in [2.05, 4.69) is 26.4 Å². The van der Waals surface area contributed by atoms with E-state index in [-0.39, 0.29) is 24.5 Å². The molecule has 2 aliphatic carbocycles. The van der Waals surface area contributed by atoms with Gasteiger partial charge in [-0.1, -0.05) is 0 Å². The number of nitrogens with zero attached hydrogens (tertiary/aromatic N) is 3. The van der Waals surface area contributed by atoms with Gasteiger partial charge in [-0.2, -0.15) is 10.2 Å². The van der Waals surface area contributed by atoms with Crippen LogP contribution >= 0.6 is 0 Å². The highest BCUT2D eigenvalue weighted by Crippen LogP contribution is 2.38. The Morgan fingerprint density at radius 3 is 2.56 bits per heavy atom. The highest BCUT2D eigenvalue weighted by atomic mass is 16.4. The van der Waals surface area contributed by atoms with Gasteiger partial charge in [-0.25, -0.2) is 0 Å². The predicted molar refractivity (Wildman–Crippen MR) is 91.8 cm³/mol. The monoisotopic (exact) mass is 346 g/mol. The predicted octanol–water partition coefficient (Wildman–Crippen LogP) is 1.79. The second kappa shape index (κ2) is 7.52. The number of aliphatic carboxylic acids is 1. The van der Waals surface area contributed by atoms with Gasteiger partial charge >= 0.3 is 5.97 Å². The van der Waals surface area contributed by atoms with Crippen molar-refractivity contribution in [3.05, 3.63) is 0 Å². The molecule has 2 fully saturated rings. The van der Waals surface area contributed by atoms with Crippen LogP contribution in [-0.2, 0) is 9.59 Å². The fraction of sp³-hybridized carbons (Fsp3) is 0.778. The van der Waals surface area contributed by atoms with Gasteiger partial charge in [0.1, 0.15) is 0 Å². The zero-order valence-electron chi connectivity index (χ0n) is 14.5. The lowest BCUT2D eigenvalue weighted by molar-refractivity contribution is -0.140. The zero-order valence-corrected chi connectivity index (χ0v) is 14.5. The Labute approximate surface area is 148 Å². The Morgan fingerprint density at radius 1 is 1.28 bits per heavy atom. The number of terminal acetylenes is 1. The molecule has 2 N–H and O–H groups in total. The van der Waals surface area contributed by atoms with Crippen LogP contribution in [0.1, 0.15) is 51.4 Å². The van der Waals surface area contributed by atoms with E-state index < -0.39 is 11.6 Å². The fourth-order valence-electron chi connectivity index (χ4n) is 3.43. The average molecular weight is 346 g/mol. The topological polar surface area (TPSA) is 94.4 Å².